The molecule has 0 aliphatic heterocycles. The first-order chi connectivity index (χ1) is 14.5. The molecule has 0 bridgehead atoms. The number of aromatic nitrogens is 1. The Bertz CT molecular complexity index is 992. The topological polar surface area (TPSA) is 113 Å². The lowest BCUT2D eigenvalue weighted by Crippen LogP contribution is -3.17. The number of hydrogen-bond donors (Lipinski definition) is 4. The van der Waals surface area contributed by atoms with Crippen LogP contribution in [0.1, 0.15) is 59.8 Å². The molecule has 2 amide bonds. The smallest absolute Gasteiger partial charge is 0.279 e. The maximum atomic E-state index is 13.1. The first kappa shape index (κ1) is 24.0. The third kappa shape index (κ3) is 5.88. The van der Waals surface area contributed by atoms with E-state index >= 15 is 0 Å². The van der Waals surface area contributed by atoms with Crippen LogP contribution in [0.2, 0.25) is 0 Å². The molecule has 0 radical (unpaired) electrons. The summed E-state index contributed by atoms with van der Waals surface area (Å²) in [4.78, 5) is 52.5. The maximum absolute atomic E-state index is 13.1. The Morgan fingerprint density at radius 3 is 2.00 bits per heavy atom. The van der Waals surface area contributed by atoms with Crippen LogP contribution >= 0.6 is 0 Å². The van der Waals surface area contributed by atoms with Crippen LogP contribution in [-0.2, 0) is 9.59 Å². The number of carbonyl (C=O) groups is 4. The third-order valence-corrected chi connectivity index (χ3v) is 5.37. The summed E-state index contributed by atoms with van der Waals surface area (Å²) in [6.45, 7) is 10.9. The Labute approximate surface area is 182 Å². The van der Waals surface area contributed by atoms with E-state index in [2.05, 4.69) is 15.6 Å². The highest BCUT2D eigenvalue weighted by Gasteiger charge is 2.30. The Hall–Kier alpha value is -3.26. The Kier molecular flexibility index (Phi) is 7.88. The average molecular weight is 428 g/mol. The van der Waals surface area contributed by atoms with Gasteiger partial charge in [-0.2, -0.15) is 0 Å². The number of nitrogens with one attached hydrogen (secondary N) is 4. The van der Waals surface area contributed by atoms with Crippen molar-refractivity contribution in [2.45, 2.75) is 47.6 Å². The number of anilines is 2. The molecule has 0 aliphatic carbocycles. The number of carbonyl (C=O) groups excluding carboxylic acids is 4. The minimum atomic E-state index is -0.463. The zero-order chi connectivity index (χ0) is 23.3. The van der Waals surface area contributed by atoms with Crippen molar-refractivity contribution in [3.05, 3.63) is 46.8 Å². The van der Waals surface area contributed by atoms with Crippen LogP contribution in [0.25, 0.3) is 0 Å². The predicted octanol–water partition coefficient (Wildman–Crippen LogP) is 1.91. The summed E-state index contributed by atoms with van der Waals surface area (Å²) in [6.07, 6.45) is 0. The molecular formula is C23H31N4O4+. The molecule has 2 rings (SSSR count). The van der Waals surface area contributed by atoms with E-state index in [0.29, 0.717) is 40.4 Å². The zero-order valence-corrected chi connectivity index (χ0v) is 18.9. The SMILES string of the molecule is CC[NH+](CC(=O)Nc1ccc(NC(C)=O)cc1)[C@@H](C)C(=O)c1[nH]c(C)c(C(C)=O)c1C. The van der Waals surface area contributed by atoms with Crippen molar-refractivity contribution < 1.29 is 24.1 Å². The number of H-pyrrole nitrogens is 1. The van der Waals surface area contributed by atoms with Gasteiger partial charge in [-0.1, -0.05) is 0 Å². The molecule has 0 saturated carbocycles. The van der Waals surface area contributed by atoms with Crippen LogP contribution in [0.5, 0.6) is 0 Å². The van der Waals surface area contributed by atoms with Gasteiger partial charge in [0.1, 0.15) is 0 Å². The lowest BCUT2D eigenvalue weighted by Gasteiger charge is -2.23. The van der Waals surface area contributed by atoms with Gasteiger partial charge in [0.05, 0.1) is 12.2 Å². The van der Waals surface area contributed by atoms with E-state index in [1.807, 2.05) is 6.92 Å². The van der Waals surface area contributed by atoms with Gasteiger partial charge in [0.2, 0.25) is 11.7 Å². The quantitative estimate of drug-likeness (QED) is 0.458. The summed E-state index contributed by atoms with van der Waals surface area (Å²) in [6, 6.07) is 6.36. The number of hydrogen-bond acceptors (Lipinski definition) is 4. The highest BCUT2D eigenvalue weighted by Crippen LogP contribution is 2.19. The van der Waals surface area contributed by atoms with E-state index < -0.39 is 6.04 Å². The monoisotopic (exact) mass is 427 g/mol. The van der Waals surface area contributed by atoms with Crippen molar-refractivity contribution in [1.29, 1.82) is 0 Å². The minimum absolute atomic E-state index is 0.0819. The molecule has 2 aromatic rings. The van der Waals surface area contributed by atoms with Gasteiger partial charge in [0, 0.05) is 29.6 Å². The molecule has 166 valence electrons. The first-order valence-corrected chi connectivity index (χ1v) is 10.3. The molecule has 1 unspecified atom stereocenters. The average Bonchev–Trinajstić information content (AvgIpc) is 3.00. The molecule has 31 heavy (non-hydrogen) atoms. The molecule has 1 aromatic carbocycles. The zero-order valence-electron chi connectivity index (χ0n) is 18.9. The third-order valence-electron chi connectivity index (χ3n) is 5.37. The number of likely N-dealkylation sites (N-methyl/N-ethyl adjacent to an activating group) is 1. The highest BCUT2D eigenvalue weighted by molar-refractivity contribution is 6.04. The first-order valence-electron chi connectivity index (χ1n) is 10.3. The van der Waals surface area contributed by atoms with Crippen molar-refractivity contribution in [1.82, 2.24) is 4.98 Å². The fourth-order valence-corrected chi connectivity index (χ4v) is 3.76. The molecule has 1 heterocycles. The van der Waals surface area contributed by atoms with Crippen molar-refractivity contribution >= 4 is 34.8 Å². The Morgan fingerprint density at radius 2 is 1.55 bits per heavy atom. The van der Waals surface area contributed by atoms with Gasteiger partial charge in [0.25, 0.3) is 5.91 Å². The fraction of sp³-hybridized carbons (Fsp3) is 0.391. The van der Waals surface area contributed by atoms with Crippen molar-refractivity contribution in [2.24, 2.45) is 0 Å². The number of benzene rings is 1. The van der Waals surface area contributed by atoms with Gasteiger partial charge in [-0.25, -0.2) is 0 Å². The Balaban J connectivity index is 2.07. The number of aryl methyl sites for hydroxylation is 1. The summed E-state index contributed by atoms with van der Waals surface area (Å²) in [5.74, 6) is -0.591. The van der Waals surface area contributed by atoms with Gasteiger partial charge in [0.15, 0.2) is 18.4 Å². The second kappa shape index (κ2) is 10.2. The predicted molar refractivity (Wildman–Crippen MR) is 120 cm³/mol. The van der Waals surface area contributed by atoms with Crippen LogP contribution in [0.3, 0.4) is 0 Å². The second-order valence-electron chi connectivity index (χ2n) is 7.76. The lowest BCUT2D eigenvalue weighted by atomic mass is 10.0. The van der Waals surface area contributed by atoms with Gasteiger partial charge < -0.3 is 20.5 Å². The van der Waals surface area contributed by atoms with E-state index in [1.165, 1.54) is 13.8 Å². The number of quaternary nitrogens is 1. The second-order valence-corrected chi connectivity index (χ2v) is 7.76. The van der Waals surface area contributed by atoms with E-state index in [9.17, 15) is 19.2 Å². The molecule has 8 heteroatoms. The van der Waals surface area contributed by atoms with E-state index in [1.54, 1.807) is 45.0 Å². The number of amides is 2. The minimum Gasteiger partial charge on any atom is -0.355 e. The van der Waals surface area contributed by atoms with Gasteiger partial charge in [-0.3, -0.25) is 19.2 Å². The fourth-order valence-electron chi connectivity index (χ4n) is 3.76. The molecule has 0 aliphatic rings. The molecular weight excluding hydrogens is 396 g/mol. The summed E-state index contributed by atoms with van der Waals surface area (Å²) >= 11 is 0. The molecule has 0 saturated heterocycles. The normalized spacial score (nSPS) is 12.7. The number of rotatable bonds is 9. The largest absolute Gasteiger partial charge is 0.355 e. The number of aromatic amines is 1. The molecule has 0 fully saturated rings. The van der Waals surface area contributed by atoms with E-state index in [0.717, 1.165) is 4.90 Å². The molecule has 4 N–H and O–H groups in total. The standard InChI is InChI=1S/C23H30N4O4/c1-7-27(12-20(30)26-19-10-8-18(9-11-19)25-17(6)29)15(4)23(31)22-13(2)21(16(5)28)14(3)24-22/h8-11,15,24H,7,12H2,1-6H3,(H,25,29)(H,26,30)/p+1/t15-/m0/s1. The summed E-state index contributed by atoms with van der Waals surface area (Å²) < 4.78 is 0. The lowest BCUT2D eigenvalue weighted by molar-refractivity contribution is -0.903. The van der Waals surface area contributed by atoms with Crippen molar-refractivity contribution in [3.8, 4) is 0 Å². The van der Waals surface area contributed by atoms with Crippen LogP contribution in [-0.4, -0.2) is 47.5 Å². The highest BCUT2D eigenvalue weighted by atomic mass is 16.2. The maximum Gasteiger partial charge on any atom is 0.279 e. The molecule has 1 aromatic heterocycles. The summed E-state index contributed by atoms with van der Waals surface area (Å²) in [7, 11) is 0. The Morgan fingerprint density at radius 1 is 1.00 bits per heavy atom. The van der Waals surface area contributed by atoms with Crippen molar-refractivity contribution in [2.75, 3.05) is 23.7 Å². The number of ketones is 2. The van der Waals surface area contributed by atoms with Gasteiger partial charge in [-0.15, -0.1) is 0 Å². The molecule has 0 spiro atoms. The van der Waals surface area contributed by atoms with E-state index in [4.69, 9.17) is 0 Å². The van der Waals surface area contributed by atoms with E-state index in [-0.39, 0.29) is 29.9 Å². The van der Waals surface area contributed by atoms with Crippen LogP contribution < -0.4 is 15.5 Å². The van der Waals surface area contributed by atoms with Crippen LogP contribution in [0.4, 0.5) is 11.4 Å². The summed E-state index contributed by atoms with van der Waals surface area (Å²) in [5.41, 5.74) is 3.56. The summed E-state index contributed by atoms with van der Waals surface area (Å²) in [5, 5.41) is 5.49. The molecule has 2 atom stereocenters. The molecule has 8 nitrogen and oxygen atoms in total. The van der Waals surface area contributed by atoms with Gasteiger partial charge >= 0.3 is 0 Å². The van der Waals surface area contributed by atoms with Crippen LogP contribution in [0.15, 0.2) is 24.3 Å². The van der Waals surface area contributed by atoms with Crippen molar-refractivity contribution in [3.63, 3.8) is 0 Å². The van der Waals surface area contributed by atoms with Gasteiger partial charge in [-0.05, 0) is 64.4 Å². The number of Topliss-reactive ketones (excluding diaryl/α,β-unsaturated/α-hetero) is 2. The van der Waals surface area contributed by atoms with Crippen LogP contribution in [0, 0.1) is 13.8 Å².